The van der Waals surface area contributed by atoms with Gasteiger partial charge in [-0.15, -0.1) is 0 Å². The van der Waals surface area contributed by atoms with Crippen molar-refractivity contribution in [2.45, 2.75) is 25.0 Å². The molecule has 0 aromatic heterocycles. The Morgan fingerprint density at radius 1 is 0.444 bits per heavy atom. The van der Waals surface area contributed by atoms with Crippen LogP contribution in [0.1, 0.15) is 25.0 Å². The minimum absolute atomic E-state index is 0.205. The lowest BCUT2D eigenvalue weighted by atomic mass is 9.88. The Hall–Kier alpha value is -2.70. The maximum absolute atomic E-state index is 14.5. The van der Waals surface area contributed by atoms with Gasteiger partial charge in [0.1, 0.15) is 9.81 Å². The van der Waals surface area contributed by atoms with Crippen LogP contribution in [0.3, 0.4) is 0 Å². The number of hydrogen-bond acceptors (Lipinski definition) is 6. The second-order valence-corrected chi connectivity index (χ2v) is 10.7. The molecule has 18 heteroatoms. The Kier molecular flexibility index (Phi) is 5.43. The summed E-state index contributed by atoms with van der Waals surface area (Å²) in [5, 5.41) is 0. The third-order valence-electron chi connectivity index (χ3n) is 5.50. The second-order valence-electron chi connectivity index (χ2n) is 7.69. The molecule has 2 aliphatic heterocycles. The molecule has 2 aromatic rings. The summed E-state index contributed by atoms with van der Waals surface area (Å²) < 4.78 is 200. The lowest BCUT2D eigenvalue weighted by Gasteiger charge is -2.29. The minimum Gasteiger partial charge on any atom is -0.249 e. The van der Waals surface area contributed by atoms with Gasteiger partial charge in [-0.25, -0.2) is 52.3 Å². The first-order valence-electron chi connectivity index (χ1n) is 8.96. The minimum atomic E-state index is -5.81. The summed E-state index contributed by atoms with van der Waals surface area (Å²) in [4.78, 5) is -3.85. The van der Waals surface area contributed by atoms with E-state index in [1.807, 2.05) is 0 Å². The average molecular weight is 572 g/mol. The summed E-state index contributed by atoms with van der Waals surface area (Å²) in [6.07, 6.45) is 0. The fourth-order valence-corrected chi connectivity index (χ4v) is 8.27. The molecule has 0 radical (unpaired) electrons. The van der Waals surface area contributed by atoms with Crippen molar-refractivity contribution < 1.29 is 69.1 Å². The molecule has 4 rings (SSSR count). The topological polar surface area (TPSA) is 86.7 Å². The molecule has 0 N–H and O–H groups in total. The monoisotopic (exact) mass is 572 g/mol. The SMILES string of the molecule is CC1(c2c(F)c(F)c(F)c(F)c2F)OS(=O)(=O)C2=C1S(=O)(=O)OC2(C)c1c(F)c(F)c(F)c(F)c1F. The normalized spacial score (nSPS) is 26.6. The fourth-order valence-electron chi connectivity index (χ4n) is 4.09. The van der Waals surface area contributed by atoms with Gasteiger partial charge in [-0.1, -0.05) is 0 Å². The van der Waals surface area contributed by atoms with Crippen LogP contribution in [0.25, 0.3) is 0 Å². The molecule has 196 valence electrons. The quantitative estimate of drug-likeness (QED) is 0.233. The van der Waals surface area contributed by atoms with Crippen LogP contribution in [0, 0.1) is 58.2 Å². The lowest BCUT2D eigenvalue weighted by Crippen LogP contribution is -2.36. The average Bonchev–Trinajstić information content (AvgIpc) is 3.14. The molecule has 2 atom stereocenters. The molecule has 0 fully saturated rings. The molecule has 0 spiro atoms. The van der Waals surface area contributed by atoms with Crippen LogP contribution in [0.5, 0.6) is 0 Å². The molecule has 0 amide bonds. The van der Waals surface area contributed by atoms with Gasteiger partial charge in [-0.3, -0.25) is 0 Å². The van der Waals surface area contributed by atoms with Crippen LogP contribution in [-0.2, 0) is 39.8 Å². The van der Waals surface area contributed by atoms with Crippen molar-refractivity contribution in [3.8, 4) is 0 Å². The highest BCUT2D eigenvalue weighted by molar-refractivity contribution is 7.96. The van der Waals surface area contributed by atoms with Crippen molar-refractivity contribution >= 4 is 20.2 Å². The second kappa shape index (κ2) is 7.42. The molecule has 0 aliphatic carbocycles. The van der Waals surface area contributed by atoms with Crippen LogP contribution >= 0.6 is 0 Å². The van der Waals surface area contributed by atoms with Crippen molar-refractivity contribution in [2.75, 3.05) is 0 Å². The molecular formula is C18H6F10O6S2. The standard InChI is InChI=1S/C18H6F10O6S2/c1-17(3-5(19)9(23)13(27)10(24)6(3)20)15-16(36(31,32)33-17)18(2,34-35(15,29)30)4-7(21)11(25)14(28)12(26)8(4)22/h1-2H3. The number of halogens is 10. The molecule has 0 bridgehead atoms. The zero-order valence-electron chi connectivity index (χ0n) is 17.0. The Morgan fingerprint density at radius 2 is 0.639 bits per heavy atom. The van der Waals surface area contributed by atoms with Gasteiger partial charge in [-0.2, -0.15) is 16.8 Å². The summed E-state index contributed by atoms with van der Waals surface area (Å²) >= 11 is 0. The zero-order chi connectivity index (χ0) is 27.5. The van der Waals surface area contributed by atoms with E-state index in [2.05, 4.69) is 8.37 Å². The zero-order valence-corrected chi connectivity index (χ0v) is 18.7. The van der Waals surface area contributed by atoms with Crippen molar-refractivity contribution in [3.63, 3.8) is 0 Å². The number of hydrogen-bond donors (Lipinski definition) is 0. The van der Waals surface area contributed by atoms with E-state index in [0.29, 0.717) is 0 Å². The van der Waals surface area contributed by atoms with Crippen LogP contribution < -0.4 is 0 Å². The Labute approximate surface area is 194 Å². The van der Waals surface area contributed by atoms with Gasteiger partial charge in [0.25, 0.3) is 20.2 Å². The largest absolute Gasteiger partial charge is 0.298 e. The lowest BCUT2D eigenvalue weighted by molar-refractivity contribution is 0.123. The number of benzene rings is 2. The third-order valence-corrected chi connectivity index (χ3v) is 8.92. The maximum atomic E-state index is 14.5. The predicted molar refractivity (Wildman–Crippen MR) is 94.2 cm³/mol. The Bertz CT molecular complexity index is 1470. The van der Waals surface area contributed by atoms with E-state index >= 15 is 0 Å². The van der Waals surface area contributed by atoms with Crippen molar-refractivity contribution in [1.82, 2.24) is 0 Å². The maximum Gasteiger partial charge on any atom is 0.298 e. The predicted octanol–water partition coefficient (Wildman–Crippen LogP) is 4.14. The summed E-state index contributed by atoms with van der Waals surface area (Å²) in [6, 6.07) is 0. The van der Waals surface area contributed by atoms with Crippen LogP contribution in [-0.4, -0.2) is 16.8 Å². The van der Waals surface area contributed by atoms with Gasteiger partial charge in [0.15, 0.2) is 57.7 Å². The van der Waals surface area contributed by atoms with Crippen LogP contribution in [0.4, 0.5) is 43.9 Å². The number of rotatable bonds is 2. The molecule has 2 unspecified atom stereocenters. The van der Waals surface area contributed by atoms with E-state index in [0.717, 1.165) is 0 Å². The summed E-state index contributed by atoms with van der Waals surface area (Å²) in [7, 11) is -11.6. The van der Waals surface area contributed by atoms with E-state index in [4.69, 9.17) is 0 Å². The van der Waals surface area contributed by atoms with Gasteiger partial charge in [-0.05, 0) is 13.8 Å². The van der Waals surface area contributed by atoms with E-state index in [9.17, 15) is 60.7 Å². The van der Waals surface area contributed by atoms with E-state index in [1.54, 1.807) is 0 Å². The Balaban J connectivity index is 2.19. The highest BCUT2D eigenvalue weighted by atomic mass is 32.2. The van der Waals surface area contributed by atoms with Gasteiger partial charge in [0.2, 0.25) is 11.6 Å². The molecule has 2 heterocycles. The Morgan fingerprint density at radius 3 is 0.861 bits per heavy atom. The van der Waals surface area contributed by atoms with Crippen molar-refractivity contribution in [2.24, 2.45) is 0 Å². The van der Waals surface area contributed by atoms with Gasteiger partial charge in [0.05, 0.1) is 11.1 Å². The first-order valence-corrected chi connectivity index (χ1v) is 11.8. The molecule has 2 aromatic carbocycles. The molecule has 0 saturated heterocycles. The summed E-state index contributed by atoms with van der Waals surface area (Å²) in [6.45, 7) is 0.409. The van der Waals surface area contributed by atoms with Gasteiger partial charge in [0, 0.05) is 0 Å². The first kappa shape index (κ1) is 26.4. The highest BCUT2D eigenvalue weighted by Crippen LogP contribution is 2.60. The first-order chi connectivity index (χ1) is 16.3. The summed E-state index contributed by atoms with van der Waals surface area (Å²) in [5.74, 6) is -27.1. The van der Waals surface area contributed by atoms with Gasteiger partial charge >= 0.3 is 0 Å². The smallest absolute Gasteiger partial charge is 0.249 e. The fraction of sp³-hybridized carbons (Fsp3) is 0.222. The highest BCUT2D eigenvalue weighted by Gasteiger charge is 2.68. The van der Waals surface area contributed by atoms with Crippen molar-refractivity contribution in [1.29, 1.82) is 0 Å². The molecule has 0 saturated carbocycles. The van der Waals surface area contributed by atoms with E-state index in [1.165, 1.54) is 0 Å². The third kappa shape index (κ3) is 3.04. The van der Waals surface area contributed by atoms with Gasteiger partial charge < -0.3 is 0 Å². The summed E-state index contributed by atoms with van der Waals surface area (Å²) in [5.41, 5.74) is -11.6. The molecular weight excluding hydrogens is 566 g/mol. The van der Waals surface area contributed by atoms with Crippen LogP contribution in [0.15, 0.2) is 9.81 Å². The molecule has 2 aliphatic rings. The molecule has 6 nitrogen and oxygen atoms in total. The van der Waals surface area contributed by atoms with E-state index in [-0.39, 0.29) is 13.8 Å². The molecule has 36 heavy (non-hydrogen) atoms. The van der Waals surface area contributed by atoms with Crippen LogP contribution in [0.2, 0.25) is 0 Å². The van der Waals surface area contributed by atoms with E-state index < -0.39 is 111 Å². The van der Waals surface area contributed by atoms with Crippen molar-refractivity contribution in [3.05, 3.63) is 79.1 Å².